The molecule has 0 amide bonds. The van der Waals surface area contributed by atoms with E-state index in [9.17, 15) is 13.6 Å². The minimum atomic E-state index is -0.798. The maximum atomic E-state index is 14.3. The van der Waals surface area contributed by atoms with Gasteiger partial charge in [-0.25, -0.2) is 8.78 Å². The molecule has 1 aromatic carbocycles. The molecule has 3 fully saturated rings. The van der Waals surface area contributed by atoms with E-state index in [-0.39, 0.29) is 12.2 Å². The third kappa shape index (κ3) is 4.73. The zero-order valence-corrected chi connectivity index (χ0v) is 16.8. The molecule has 4 rings (SSSR count). The normalized spacial score (nSPS) is 25.7. The molecule has 1 aliphatic heterocycles. The molecule has 0 unspecified atom stereocenters. The van der Waals surface area contributed by atoms with Crippen LogP contribution in [0, 0.1) is 35.3 Å². The molecule has 0 spiro atoms. The van der Waals surface area contributed by atoms with Crippen molar-refractivity contribution in [1.82, 2.24) is 4.90 Å². The first-order chi connectivity index (χ1) is 13.5. The quantitative estimate of drug-likeness (QED) is 0.550. The first-order valence-electron chi connectivity index (χ1n) is 10.9. The van der Waals surface area contributed by atoms with Crippen LogP contribution in [0.25, 0.3) is 0 Å². The van der Waals surface area contributed by atoms with Gasteiger partial charge in [0.25, 0.3) is 0 Å². The number of halogens is 2. The van der Waals surface area contributed by atoms with Crippen molar-refractivity contribution in [3.63, 3.8) is 0 Å². The summed E-state index contributed by atoms with van der Waals surface area (Å²) in [5.74, 6) is 0.791. The van der Waals surface area contributed by atoms with Gasteiger partial charge in [-0.15, -0.1) is 0 Å². The number of piperidine rings is 1. The topological polar surface area (TPSA) is 29.5 Å². The summed E-state index contributed by atoms with van der Waals surface area (Å²) < 4.78 is 34.1. The predicted molar refractivity (Wildman–Crippen MR) is 105 cm³/mol. The molecule has 1 saturated heterocycles. The average molecular weight is 392 g/mol. The Morgan fingerprint density at radius 2 is 1.82 bits per heavy atom. The molecule has 2 aliphatic carbocycles. The lowest BCUT2D eigenvalue weighted by atomic mass is 9.90. The van der Waals surface area contributed by atoms with Crippen molar-refractivity contribution in [3.05, 3.63) is 29.3 Å². The highest BCUT2D eigenvalue weighted by Gasteiger charge is 2.42. The van der Waals surface area contributed by atoms with E-state index in [0.29, 0.717) is 18.4 Å². The number of ether oxygens (including phenoxy) is 1. The van der Waals surface area contributed by atoms with Gasteiger partial charge < -0.3 is 9.64 Å². The third-order valence-electron chi connectivity index (χ3n) is 6.89. The van der Waals surface area contributed by atoms with Crippen molar-refractivity contribution in [2.45, 2.75) is 51.9 Å². The van der Waals surface area contributed by atoms with E-state index in [1.165, 1.54) is 32.4 Å². The van der Waals surface area contributed by atoms with Gasteiger partial charge in [0.1, 0.15) is 17.4 Å². The molecule has 0 bridgehead atoms. The average Bonchev–Trinajstić information content (AvgIpc) is 3.58. The summed E-state index contributed by atoms with van der Waals surface area (Å²) in [6, 6.07) is 2.32. The van der Waals surface area contributed by atoms with Crippen molar-refractivity contribution >= 4 is 5.78 Å². The Balaban J connectivity index is 1.23. The minimum absolute atomic E-state index is 0.187. The molecule has 154 valence electrons. The van der Waals surface area contributed by atoms with Crippen molar-refractivity contribution in [3.8, 4) is 5.75 Å². The van der Waals surface area contributed by atoms with Gasteiger partial charge in [-0.3, -0.25) is 4.79 Å². The van der Waals surface area contributed by atoms with Crippen LogP contribution in [0.5, 0.6) is 5.75 Å². The highest BCUT2D eigenvalue weighted by molar-refractivity contribution is 5.97. The predicted octanol–water partition coefficient (Wildman–Crippen LogP) is 5.08. The fourth-order valence-electron chi connectivity index (χ4n) is 4.79. The van der Waals surface area contributed by atoms with Crippen LogP contribution in [0.1, 0.15) is 62.2 Å². The van der Waals surface area contributed by atoms with Crippen LogP contribution in [0.4, 0.5) is 8.78 Å². The van der Waals surface area contributed by atoms with Crippen LogP contribution in [0.2, 0.25) is 0 Å². The van der Waals surface area contributed by atoms with Crippen LogP contribution >= 0.6 is 0 Å². The second-order valence-electron chi connectivity index (χ2n) is 8.90. The first-order valence-corrected chi connectivity index (χ1v) is 10.9. The van der Waals surface area contributed by atoms with Gasteiger partial charge in [-0.05, 0) is 81.8 Å². The fourth-order valence-corrected chi connectivity index (χ4v) is 4.79. The van der Waals surface area contributed by atoms with E-state index >= 15 is 0 Å². The number of ketones is 1. The smallest absolute Gasteiger partial charge is 0.169 e. The number of carbonyl (C=O) groups is 1. The lowest BCUT2D eigenvalue weighted by Gasteiger charge is -2.31. The van der Waals surface area contributed by atoms with Gasteiger partial charge >= 0.3 is 0 Å². The summed E-state index contributed by atoms with van der Waals surface area (Å²) in [6.45, 7) is 6.27. The monoisotopic (exact) mass is 391 g/mol. The Hall–Kier alpha value is -1.49. The maximum absolute atomic E-state index is 14.3. The molecule has 1 heterocycles. The summed E-state index contributed by atoms with van der Waals surface area (Å²) in [6.07, 6.45) is 6.99. The largest absolute Gasteiger partial charge is 0.493 e. The number of benzene rings is 1. The van der Waals surface area contributed by atoms with E-state index in [1.807, 2.05) is 0 Å². The van der Waals surface area contributed by atoms with Gasteiger partial charge in [-0.1, -0.05) is 6.92 Å². The van der Waals surface area contributed by atoms with E-state index in [1.54, 1.807) is 0 Å². The lowest BCUT2D eigenvalue weighted by molar-refractivity contribution is 0.0967. The second-order valence-corrected chi connectivity index (χ2v) is 8.90. The van der Waals surface area contributed by atoms with Crippen molar-refractivity contribution < 1.29 is 18.3 Å². The molecule has 5 heteroatoms. The van der Waals surface area contributed by atoms with Crippen molar-refractivity contribution in [2.24, 2.45) is 23.7 Å². The summed E-state index contributed by atoms with van der Waals surface area (Å²) in [7, 11) is 0. The highest BCUT2D eigenvalue weighted by atomic mass is 19.1. The van der Waals surface area contributed by atoms with Gasteiger partial charge in [0, 0.05) is 18.6 Å². The molecular weight excluding hydrogens is 360 g/mol. The number of hydrogen-bond donors (Lipinski definition) is 0. The van der Waals surface area contributed by atoms with Gasteiger partial charge in [0.2, 0.25) is 0 Å². The third-order valence-corrected chi connectivity index (χ3v) is 6.89. The molecule has 28 heavy (non-hydrogen) atoms. The number of Topliss-reactive ketones (excluding diaryl/α,β-unsaturated/α-hetero) is 1. The van der Waals surface area contributed by atoms with Crippen molar-refractivity contribution in [2.75, 3.05) is 26.2 Å². The maximum Gasteiger partial charge on any atom is 0.169 e. The molecule has 3 nitrogen and oxygen atoms in total. The molecule has 0 radical (unpaired) electrons. The van der Waals surface area contributed by atoms with Gasteiger partial charge in [0.05, 0.1) is 12.2 Å². The summed E-state index contributed by atoms with van der Waals surface area (Å²) in [4.78, 5) is 14.6. The summed E-state index contributed by atoms with van der Waals surface area (Å²) in [5.41, 5.74) is -0.403. The molecule has 2 atom stereocenters. The van der Waals surface area contributed by atoms with Crippen molar-refractivity contribution in [1.29, 1.82) is 0 Å². The van der Waals surface area contributed by atoms with E-state index in [2.05, 4.69) is 11.8 Å². The number of nitrogens with zero attached hydrogens (tertiary/aromatic N) is 1. The zero-order valence-electron chi connectivity index (χ0n) is 16.8. The van der Waals surface area contributed by atoms with Gasteiger partial charge in [-0.2, -0.15) is 0 Å². The standard InChI is InChI=1S/C23H31F2NO2/c1-2-26-8-5-16(6-9-26)19-12-17(19)7-10-28-18-13-20(24)23(21(25)14-18)22(27)11-15-3-4-15/h13-17,19H,2-12H2,1H3/t17-,19-/m1/s1. The van der Waals surface area contributed by atoms with E-state index in [0.717, 1.165) is 49.8 Å². The Labute approximate surface area is 166 Å². The lowest BCUT2D eigenvalue weighted by Crippen LogP contribution is -2.34. The number of rotatable bonds is 9. The Kier molecular flexibility index (Phi) is 6.00. The number of hydrogen-bond acceptors (Lipinski definition) is 3. The SMILES string of the molecule is CCN1CCC([C@H]2C[C@H]2CCOc2cc(F)c(C(=O)CC3CC3)c(F)c2)CC1. The number of carbonyl (C=O) groups excluding carboxylic acids is 1. The first kappa shape index (κ1) is 19.8. The molecule has 3 aliphatic rings. The highest BCUT2D eigenvalue weighted by Crippen LogP contribution is 2.49. The van der Waals surface area contributed by atoms with Gasteiger partial charge in [0.15, 0.2) is 5.78 Å². The molecule has 1 aromatic rings. The molecule has 2 saturated carbocycles. The van der Waals surface area contributed by atoms with Crippen LogP contribution in [-0.4, -0.2) is 36.9 Å². The van der Waals surface area contributed by atoms with E-state index in [4.69, 9.17) is 4.74 Å². The molecule has 0 N–H and O–H groups in total. The van der Waals surface area contributed by atoms with Crippen LogP contribution in [-0.2, 0) is 0 Å². The zero-order chi connectivity index (χ0) is 19.7. The molecule has 0 aromatic heterocycles. The van der Waals surface area contributed by atoms with Crippen LogP contribution < -0.4 is 4.74 Å². The Morgan fingerprint density at radius 3 is 2.43 bits per heavy atom. The summed E-state index contributed by atoms with van der Waals surface area (Å²) >= 11 is 0. The number of likely N-dealkylation sites (tertiary alicyclic amines) is 1. The summed E-state index contributed by atoms with van der Waals surface area (Å²) in [5, 5.41) is 0. The molecular formula is C23H31F2NO2. The van der Waals surface area contributed by atoms with E-state index < -0.39 is 23.0 Å². The Morgan fingerprint density at radius 1 is 1.14 bits per heavy atom. The van der Waals surface area contributed by atoms with Crippen LogP contribution in [0.3, 0.4) is 0 Å². The fraction of sp³-hybridized carbons (Fsp3) is 0.696. The Bertz CT molecular complexity index is 688. The second kappa shape index (κ2) is 8.48. The minimum Gasteiger partial charge on any atom is -0.493 e. The van der Waals surface area contributed by atoms with Crippen LogP contribution in [0.15, 0.2) is 12.1 Å².